The molecule has 0 spiro atoms. The lowest BCUT2D eigenvalue weighted by Gasteiger charge is -2.21. The predicted molar refractivity (Wildman–Crippen MR) is 81.6 cm³/mol. The van der Waals surface area contributed by atoms with E-state index < -0.39 is 0 Å². The number of hydrogen-bond acceptors (Lipinski definition) is 2. The summed E-state index contributed by atoms with van der Waals surface area (Å²) in [5, 5.41) is 2.04. The zero-order chi connectivity index (χ0) is 13.5. The molecular formula is C16H17NOS. The van der Waals surface area contributed by atoms with Crippen LogP contribution in [-0.4, -0.2) is 12.5 Å². The van der Waals surface area contributed by atoms with Gasteiger partial charge in [-0.1, -0.05) is 30.3 Å². The maximum absolute atomic E-state index is 12.3. The number of para-hydroxylation sites is 1. The van der Waals surface area contributed by atoms with Crippen molar-refractivity contribution in [1.29, 1.82) is 0 Å². The van der Waals surface area contributed by atoms with Gasteiger partial charge in [0.15, 0.2) is 0 Å². The van der Waals surface area contributed by atoms with Crippen molar-refractivity contribution in [2.75, 3.05) is 11.4 Å². The number of thiophene rings is 1. The third-order valence-corrected chi connectivity index (χ3v) is 3.78. The Morgan fingerprint density at radius 3 is 2.63 bits per heavy atom. The lowest BCUT2D eigenvalue weighted by molar-refractivity contribution is -0.118. The Bertz CT molecular complexity index is 519. The Hall–Kier alpha value is -1.87. The van der Waals surface area contributed by atoms with Crippen molar-refractivity contribution < 1.29 is 4.79 Å². The molecule has 0 aliphatic heterocycles. The molecule has 0 unspecified atom stereocenters. The van der Waals surface area contributed by atoms with Gasteiger partial charge in [0.1, 0.15) is 0 Å². The van der Waals surface area contributed by atoms with E-state index in [1.165, 1.54) is 4.88 Å². The minimum atomic E-state index is 0.138. The van der Waals surface area contributed by atoms with Crippen molar-refractivity contribution in [2.24, 2.45) is 0 Å². The first-order chi connectivity index (χ1) is 9.31. The number of amides is 1. The minimum absolute atomic E-state index is 0.138. The highest BCUT2D eigenvalue weighted by atomic mass is 32.1. The van der Waals surface area contributed by atoms with Gasteiger partial charge >= 0.3 is 0 Å². The van der Waals surface area contributed by atoms with E-state index in [-0.39, 0.29) is 5.91 Å². The van der Waals surface area contributed by atoms with Crippen LogP contribution in [0.3, 0.4) is 0 Å². The summed E-state index contributed by atoms with van der Waals surface area (Å²) in [7, 11) is 0. The van der Waals surface area contributed by atoms with Gasteiger partial charge in [0, 0.05) is 23.5 Å². The average Bonchev–Trinajstić information content (AvgIpc) is 2.96. The second-order valence-electron chi connectivity index (χ2n) is 4.21. The SMILES string of the molecule is C=CCN(C(=O)CCc1cccs1)c1ccccc1. The average molecular weight is 271 g/mol. The summed E-state index contributed by atoms with van der Waals surface area (Å²) >= 11 is 1.69. The van der Waals surface area contributed by atoms with Crippen LogP contribution in [0, 0.1) is 0 Å². The smallest absolute Gasteiger partial charge is 0.227 e. The molecule has 0 saturated heterocycles. The molecular weight excluding hydrogens is 254 g/mol. The molecule has 0 aliphatic carbocycles. The third kappa shape index (κ3) is 3.80. The lowest BCUT2D eigenvalue weighted by Crippen LogP contribution is -2.31. The molecule has 3 heteroatoms. The fourth-order valence-corrected chi connectivity index (χ4v) is 2.62. The van der Waals surface area contributed by atoms with Crippen LogP contribution < -0.4 is 4.90 Å². The molecule has 1 aromatic carbocycles. The number of aryl methyl sites for hydroxylation is 1. The predicted octanol–water partition coefficient (Wildman–Crippen LogP) is 3.90. The van der Waals surface area contributed by atoms with Gasteiger partial charge in [0.2, 0.25) is 5.91 Å². The van der Waals surface area contributed by atoms with Crippen LogP contribution in [0.2, 0.25) is 0 Å². The van der Waals surface area contributed by atoms with Crippen molar-refractivity contribution >= 4 is 22.9 Å². The van der Waals surface area contributed by atoms with E-state index in [9.17, 15) is 4.79 Å². The monoisotopic (exact) mass is 271 g/mol. The third-order valence-electron chi connectivity index (χ3n) is 2.85. The van der Waals surface area contributed by atoms with E-state index in [0.717, 1.165) is 12.1 Å². The molecule has 2 nitrogen and oxygen atoms in total. The van der Waals surface area contributed by atoms with Crippen molar-refractivity contribution in [3.63, 3.8) is 0 Å². The Labute approximate surface area is 118 Å². The van der Waals surface area contributed by atoms with Crippen LogP contribution in [0.4, 0.5) is 5.69 Å². The molecule has 2 aromatic rings. The Morgan fingerprint density at radius 1 is 1.21 bits per heavy atom. The molecule has 98 valence electrons. The van der Waals surface area contributed by atoms with Crippen LogP contribution in [0.15, 0.2) is 60.5 Å². The second kappa shape index (κ2) is 6.90. The number of nitrogens with zero attached hydrogens (tertiary/aromatic N) is 1. The Balaban J connectivity index is 2.02. The second-order valence-corrected chi connectivity index (χ2v) is 5.24. The number of hydrogen-bond donors (Lipinski definition) is 0. The summed E-state index contributed by atoms with van der Waals surface area (Å²) in [4.78, 5) is 15.3. The molecule has 0 N–H and O–H groups in total. The van der Waals surface area contributed by atoms with Crippen LogP contribution in [0.5, 0.6) is 0 Å². The molecule has 19 heavy (non-hydrogen) atoms. The molecule has 0 atom stereocenters. The maximum Gasteiger partial charge on any atom is 0.227 e. The van der Waals surface area contributed by atoms with Gasteiger partial charge in [-0.15, -0.1) is 17.9 Å². The summed E-state index contributed by atoms with van der Waals surface area (Å²) in [5.74, 6) is 0.138. The first-order valence-corrected chi connectivity index (χ1v) is 7.18. The highest BCUT2D eigenvalue weighted by Gasteiger charge is 2.13. The van der Waals surface area contributed by atoms with Gasteiger partial charge < -0.3 is 4.90 Å². The zero-order valence-electron chi connectivity index (χ0n) is 10.8. The van der Waals surface area contributed by atoms with Crippen molar-refractivity contribution in [2.45, 2.75) is 12.8 Å². The Kier molecular flexibility index (Phi) is 4.93. The maximum atomic E-state index is 12.3. The highest BCUT2D eigenvalue weighted by Crippen LogP contribution is 2.17. The van der Waals surface area contributed by atoms with E-state index in [1.54, 1.807) is 22.3 Å². The van der Waals surface area contributed by atoms with Crippen LogP contribution in [-0.2, 0) is 11.2 Å². The number of carbonyl (C=O) groups excluding carboxylic acids is 1. The zero-order valence-corrected chi connectivity index (χ0v) is 11.6. The fraction of sp³-hybridized carbons (Fsp3) is 0.188. The fourth-order valence-electron chi connectivity index (χ4n) is 1.91. The van der Waals surface area contributed by atoms with E-state index in [2.05, 4.69) is 12.6 Å². The normalized spacial score (nSPS) is 10.1. The van der Waals surface area contributed by atoms with Crippen molar-refractivity contribution in [1.82, 2.24) is 0 Å². The van der Waals surface area contributed by atoms with Gasteiger partial charge in [-0.25, -0.2) is 0 Å². The summed E-state index contributed by atoms with van der Waals surface area (Å²) in [5.41, 5.74) is 0.929. The number of carbonyl (C=O) groups is 1. The van der Waals surface area contributed by atoms with Crippen molar-refractivity contribution in [3.8, 4) is 0 Å². The highest BCUT2D eigenvalue weighted by molar-refractivity contribution is 7.09. The number of anilines is 1. The van der Waals surface area contributed by atoms with E-state index in [4.69, 9.17) is 0 Å². The summed E-state index contributed by atoms with van der Waals surface area (Å²) in [6.45, 7) is 4.28. The first-order valence-electron chi connectivity index (χ1n) is 6.30. The minimum Gasteiger partial charge on any atom is -0.309 e. The van der Waals surface area contributed by atoms with Gasteiger partial charge in [-0.3, -0.25) is 4.79 Å². The molecule has 0 bridgehead atoms. The lowest BCUT2D eigenvalue weighted by atomic mass is 10.2. The molecule has 0 fully saturated rings. The summed E-state index contributed by atoms with van der Waals surface area (Å²) in [6, 6.07) is 13.8. The number of rotatable bonds is 6. The standard InChI is InChI=1S/C16H17NOS/c1-2-12-17(14-7-4-3-5-8-14)16(18)11-10-15-9-6-13-19-15/h2-9,13H,1,10-12H2. The van der Waals surface area contributed by atoms with Gasteiger partial charge in [0.05, 0.1) is 0 Å². The van der Waals surface area contributed by atoms with Crippen molar-refractivity contribution in [3.05, 3.63) is 65.4 Å². The molecule has 2 rings (SSSR count). The van der Waals surface area contributed by atoms with E-state index >= 15 is 0 Å². The summed E-state index contributed by atoms with van der Waals surface area (Å²) in [6.07, 6.45) is 3.09. The first kappa shape index (κ1) is 13.6. The van der Waals surface area contributed by atoms with Gasteiger partial charge in [-0.2, -0.15) is 0 Å². The van der Waals surface area contributed by atoms with Crippen LogP contribution >= 0.6 is 11.3 Å². The van der Waals surface area contributed by atoms with Crippen LogP contribution in [0.25, 0.3) is 0 Å². The molecule has 1 heterocycles. The van der Waals surface area contributed by atoms with E-state index in [1.807, 2.05) is 41.8 Å². The molecule has 0 saturated carbocycles. The molecule has 0 aliphatic rings. The molecule has 1 amide bonds. The topological polar surface area (TPSA) is 20.3 Å². The van der Waals surface area contributed by atoms with Crippen LogP contribution in [0.1, 0.15) is 11.3 Å². The van der Waals surface area contributed by atoms with E-state index in [0.29, 0.717) is 13.0 Å². The summed E-state index contributed by atoms with van der Waals surface area (Å²) < 4.78 is 0. The molecule has 1 aromatic heterocycles. The van der Waals surface area contributed by atoms with Gasteiger partial charge in [0.25, 0.3) is 0 Å². The largest absolute Gasteiger partial charge is 0.309 e. The molecule has 0 radical (unpaired) electrons. The quantitative estimate of drug-likeness (QED) is 0.730. The van der Waals surface area contributed by atoms with Gasteiger partial charge in [-0.05, 0) is 30.0 Å². The Morgan fingerprint density at radius 2 is 2.00 bits per heavy atom. The number of benzene rings is 1.